The minimum absolute atomic E-state index is 0.928. The molecule has 0 saturated heterocycles. The Bertz CT molecular complexity index is 2340. The molecule has 0 radical (unpaired) electrons. The molecule has 226 valence electrons. The smallest absolute Gasteiger partial charge is 0.136 e. The van der Waals surface area contributed by atoms with Gasteiger partial charge in [-0.25, -0.2) is 0 Å². The van der Waals surface area contributed by atoms with E-state index in [9.17, 15) is 0 Å². The van der Waals surface area contributed by atoms with Crippen LogP contribution in [0.4, 0.5) is 0 Å². The zero-order valence-electron chi connectivity index (χ0n) is 27.5. The van der Waals surface area contributed by atoms with Crippen molar-refractivity contribution in [3.63, 3.8) is 0 Å². The second kappa shape index (κ2) is 10.4. The summed E-state index contributed by atoms with van der Waals surface area (Å²) in [5, 5.41) is 8.09. The number of para-hydroxylation sites is 1. The fraction of sp³-hybridized carbons (Fsp3) is 0.143. The largest absolute Gasteiger partial charge is 0.456 e. The molecule has 2 aromatic heterocycles. The highest BCUT2D eigenvalue weighted by atomic mass is 28.3. The Labute approximate surface area is 272 Å². The second-order valence-corrected chi connectivity index (χ2v) is 24.9. The number of furan rings is 1. The molecule has 8 aromatic rings. The van der Waals surface area contributed by atoms with Crippen LogP contribution in [0.25, 0.3) is 71.7 Å². The third-order valence-electron chi connectivity index (χ3n) is 9.55. The van der Waals surface area contributed by atoms with Gasteiger partial charge in [0.15, 0.2) is 0 Å². The van der Waals surface area contributed by atoms with Gasteiger partial charge in [-0.2, -0.15) is 0 Å². The molecular formula is C42H39NOSi2. The van der Waals surface area contributed by atoms with Crippen LogP contribution in [0, 0.1) is 0 Å². The van der Waals surface area contributed by atoms with E-state index in [0.717, 1.165) is 16.6 Å². The number of rotatable bonds is 5. The predicted octanol–water partition coefficient (Wildman–Crippen LogP) is 11.1. The third-order valence-corrected chi connectivity index (χ3v) is 13.6. The Morgan fingerprint density at radius 2 is 0.978 bits per heavy atom. The maximum Gasteiger partial charge on any atom is 0.136 e. The lowest BCUT2D eigenvalue weighted by Gasteiger charge is -2.17. The van der Waals surface area contributed by atoms with Crippen LogP contribution >= 0.6 is 0 Å². The number of nitrogens with zero attached hydrogens (tertiary/aromatic N) is 1. The predicted molar refractivity (Wildman–Crippen MR) is 205 cm³/mol. The first-order valence-corrected chi connectivity index (χ1v) is 23.3. The standard InChI is InChI=1S/C42H39NOSi2/c1-45(2,3)32-22-24-38-36(26-32)37-27-33(46(4,5)6)23-25-39(37)43(38)31-20-18-29(19-21-31)28-14-16-30(17-15-28)34-11-9-13-41-42(34)35-10-7-8-12-40(35)44-41/h7-27H,1-6H3. The summed E-state index contributed by atoms with van der Waals surface area (Å²) in [4.78, 5) is 0. The molecule has 0 bridgehead atoms. The maximum absolute atomic E-state index is 6.15. The first-order valence-electron chi connectivity index (χ1n) is 16.3. The van der Waals surface area contributed by atoms with Crippen molar-refractivity contribution >= 4 is 70.3 Å². The van der Waals surface area contributed by atoms with Gasteiger partial charge in [-0.3, -0.25) is 0 Å². The second-order valence-electron chi connectivity index (χ2n) is 14.7. The van der Waals surface area contributed by atoms with Gasteiger partial charge in [-0.15, -0.1) is 0 Å². The molecule has 0 aliphatic heterocycles. The van der Waals surface area contributed by atoms with E-state index in [-0.39, 0.29) is 0 Å². The molecule has 0 unspecified atom stereocenters. The lowest BCUT2D eigenvalue weighted by Crippen LogP contribution is -2.37. The van der Waals surface area contributed by atoms with E-state index in [4.69, 9.17) is 4.42 Å². The average molecular weight is 630 g/mol. The molecule has 4 heteroatoms. The summed E-state index contributed by atoms with van der Waals surface area (Å²) in [6.45, 7) is 14.6. The van der Waals surface area contributed by atoms with E-state index in [1.165, 1.54) is 65.5 Å². The molecular weight excluding hydrogens is 591 g/mol. The lowest BCUT2D eigenvalue weighted by atomic mass is 9.97. The lowest BCUT2D eigenvalue weighted by molar-refractivity contribution is 0.669. The molecule has 0 aliphatic carbocycles. The number of fused-ring (bicyclic) bond motifs is 6. The fourth-order valence-electron chi connectivity index (χ4n) is 6.89. The summed E-state index contributed by atoms with van der Waals surface area (Å²) in [7, 11) is -2.91. The van der Waals surface area contributed by atoms with Gasteiger partial charge in [0.1, 0.15) is 11.2 Å². The molecule has 0 fully saturated rings. The molecule has 6 aromatic carbocycles. The van der Waals surface area contributed by atoms with Gasteiger partial charge in [0.2, 0.25) is 0 Å². The van der Waals surface area contributed by atoms with Crippen LogP contribution in [0.3, 0.4) is 0 Å². The van der Waals surface area contributed by atoms with Crippen molar-refractivity contribution in [3.05, 3.63) is 127 Å². The van der Waals surface area contributed by atoms with Gasteiger partial charge in [0.05, 0.1) is 27.2 Å². The maximum atomic E-state index is 6.15. The van der Waals surface area contributed by atoms with E-state index in [0.29, 0.717) is 0 Å². The van der Waals surface area contributed by atoms with Crippen molar-refractivity contribution in [1.82, 2.24) is 4.57 Å². The number of hydrogen-bond donors (Lipinski definition) is 0. The summed E-state index contributed by atoms with van der Waals surface area (Å²) in [5.74, 6) is 0. The summed E-state index contributed by atoms with van der Waals surface area (Å²) in [5.41, 5.74) is 10.4. The van der Waals surface area contributed by atoms with Crippen LogP contribution in [0.5, 0.6) is 0 Å². The van der Waals surface area contributed by atoms with Gasteiger partial charge >= 0.3 is 0 Å². The molecule has 46 heavy (non-hydrogen) atoms. The first-order chi connectivity index (χ1) is 22.1. The van der Waals surface area contributed by atoms with E-state index < -0.39 is 16.1 Å². The van der Waals surface area contributed by atoms with Crippen molar-refractivity contribution in [2.24, 2.45) is 0 Å². The number of hydrogen-bond acceptors (Lipinski definition) is 1. The quantitative estimate of drug-likeness (QED) is 0.173. The minimum atomic E-state index is -1.46. The topological polar surface area (TPSA) is 18.1 Å². The van der Waals surface area contributed by atoms with Gasteiger partial charge in [-0.05, 0) is 58.7 Å². The normalized spacial score (nSPS) is 12.6. The van der Waals surface area contributed by atoms with Gasteiger partial charge in [0.25, 0.3) is 0 Å². The molecule has 0 amide bonds. The van der Waals surface area contributed by atoms with Crippen molar-refractivity contribution in [2.75, 3.05) is 0 Å². The summed E-state index contributed by atoms with van der Waals surface area (Å²) >= 11 is 0. The van der Waals surface area contributed by atoms with Crippen LogP contribution in [-0.2, 0) is 0 Å². The first kappa shape index (κ1) is 28.8. The summed E-state index contributed by atoms with van der Waals surface area (Å²) in [6, 6.07) is 47.1. The number of benzene rings is 6. The molecule has 0 spiro atoms. The Kier molecular flexibility index (Phi) is 6.54. The highest BCUT2D eigenvalue weighted by molar-refractivity contribution is 6.89. The van der Waals surface area contributed by atoms with E-state index >= 15 is 0 Å². The van der Waals surface area contributed by atoms with Crippen LogP contribution in [0.2, 0.25) is 39.3 Å². The van der Waals surface area contributed by atoms with Crippen molar-refractivity contribution < 1.29 is 4.42 Å². The Balaban J connectivity index is 1.19. The van der Waals surface area contributed by atoms with E-state index in [1.807, 2.05) is 12.1 Å². The molecule has 0 saturated carbocycles. The molecule has 8 rings (SSSR count). The molecule has 0 atom stereocenters. The Morgan fingerprint density at radius 1 is 0.457 bits per heavy atom. The van der Waals surface area contributed by atoms with Crippen LogP contribution in [0.15, 0.2) is 132 Å². The average Bonchev–Trinajstić information content (AvgIpc) is 3.59. The molecule has 0 aliphatic rings. The molecule has 2 nitrogen and oxygen atoms in total. The summed E-state index contributed by atoms with van der Waals surface area (Å²) in [6.07, 6.45) is 0. The van der Waals surface area contributed by atoms with Gasteiger partial charge < -0.3 is 8.98 Å². The third kappa shape index (κ3) is 4.75. The SMILES string of the molecule is C[Si](C)(C)c1ccc2c(c1)c1cc([Si](C)(C)C)ccc1n2-c1ccc(-c2ccc(-c3cccc4oc5ccccc5c34)cc2)cc1. The highest BCUT2D eigenvalue weighted by Crippen LogP contribution is 2.38. The number of aromatic nitrogens is 1. The molecule has 0 N–H and O–H groups in total. The van der Waals surface area contributed by atoms with Crippen molar-refractivity contribution in [1.29, 1.82) is 0 Å². The van der Waals surface area contributed by atoms with Crippen LogP contribution in [-0.4, -0.2) is 20.7 Å². The van der Waals surface area contributed by atoms with Crippen molar-refractivity contribution in [2.45, 2.75) is 39.3 Å². The minimum Gasteiger partial charge on any atom is -0.456 e. The van der Waals surface area contributed by atoms with E-state index in [2.05, 4.69) is 159 Å². The van der Waals surface area contributed by atoms with Gasteiger partial charge in [-0.1, -0.05) is 141 Å². The Morgan fingerprint density at radius 3 is 1.57 bits per heavy atom. The van der Waals surface area contributed by atoms with Gasteiger partial charge in [0, 0.05) is 27.2 Å². The van der Waals surface area contributed by atoms with E-state index in [1.54, 1.807) is 0 Å². The monoisotopic (exact) mass is 629 g/mol. The molecule has 2 heterocycles. The Hall–Kier alpha value is -4.65. The van der Waals surface area contributed by atoms with Crippen LogP contribution < -0.4 is 10.4 Å². The van der Waals surface area contributed by atoms with Crippen LogP contribution in [0.1, 0.15) is 0 Å². The fourth-order valence-corrected chi connectivity index (χ4v) is 9.22. The zero-order valence-corrected chi connectivity index (χ0v) is 29.5. The summed E-state index contributed by atoms with van der Waals surface area (Å²) < 4.78 is 8.60. The highest BCUT2D eigenvalue weighted by Gasteiger charge is 2.22. The zero-order chi connectivity index (χ0) is 31.8. The van der Waals surface area contributed by atoms with Crippen molar-refractivity contribution in [3.8, 4) is 27.9 Å².